The van der Waals surface area contributed by atoms with Crippen LogP contribution in [0.25, 0.3) is 27.5 Å². The quantitative estimate of drug-likeness (QED) is 0.434. The molecule has 5 aromatic rings. The molecule has 0 spiro atoms. The van der Waals surface area contributed by atoms with Crippen molar-refractivity contribution in [3.8, 4) is 17.2 Å². The van der Waals surface area contributed by atoms with E-state index in [1.54, 1.807) is 0 Å². The fourth-order valence-corrected chi connectivity index (χ4v) is 5.08. The highest BCUT2D eigenvalue weighted by atomic mass is 15.3. The minimum Gasteiger partial charge on any atom is -0.382 e. The Morgan fingerprint density at radius 1 is 1.12 bits per heavy atom. The molecule has 168 valence electrons. The van der Waals surface area contributed by atoms with E-state index in [2.05, 4.69) is 33.6 Å². The number of hydrogen-bond acceptors (Lipinski definition) is 6. The van der Waals surface area contributed by atoms with Crippen LogP contribution in [0.4, 0.5) is 5.82 Å². The summed E-state index contributed by atoms with van der Waals surface area (Å²) >= 11 is 0. The minimum atomic E-state index is 0.236. The lowest BCUT2D eigenvalue weighted by molar-refractivity contribution is 0.447. The van der Waals surface area contributed by atoms with Crippen LogP contribution in [0, 0.1) is 11.3 Å². The molecule has 1 aliphatic heterocycles. The molecule has 4 heterocycles. The van der Waals surface area contributed by atoms with Crippen molar-refractivity contribution in [2.45, 2.75) is 25.3 Å². The van der Waals surface area contributed by atoms with Gasteiger partial charge in [-0.2, -0.15) is 15.5 Å². The van der Waals surface area contributed by atoms with Gasteiger partial charge < -0.3 is 11.1 Å². The first-order chi connectivity index (χ1) is 16.7. The molecule has 0 amide bonds. The predicted octanol–water partition coefficient (Wildman–Crippen LogP) is 3.72. The minimum absolute atomic E-state index is 0.236. The lowest BCUT2D eigenvalue weighted by atomic mass is 9.90. The third kappa shape index (κ3) is 3.38. The largest absolute Gasteiger partial charge is 0.382 e. The van der Waals surface area contributed by atoms with Crippen molar-refractivity contribution in [3.63, 3.8) is 0 Å². The zero-order chi connectivity index (χ0) is 23.1. The molecule has 0 aliphatic carbocycles. The van der Waals surface area contributed by atoms with Crippen LogP contribution in [-0.2, 0) is 6.54 Å². The first kappa shape index (κ1) is 20.4. The molecule has 8 nitrogen and oxygen atoms in total. The van der Waals surface area contributed by atoms with Crippen molar-refractivity contribution < 1.29 is 0 Å². The summed E-state index contributed by atoms with van der Waals surface area (Å²) in [5.74, 6) is 0.608. The molecule has 3 aromatic heterocycles. The summed E-state index contributed by atoms with van der Waals surface area (Å²) in [6, 6.07) is 18.9. The number of aromatic nitrogens is 5. The molecule has 6 rings (SSSR count). The zero-order valence-corrected chi connectivity index (χ0v) is 18.6. The van der Waals surface area contributed by atoms with Crippen LogP contribution in [0.5, 0.6) is 0 Å². The molecular formula is C26H24N8. The molecule has 0 atom stereocenters. The highest BCUT2D eigenvalue weighted by molar-refractivity contribution is 5.96. The summed E-state index contributed by atoms with van der Waals surface area (Å²) in [4.78, 5) is 4.24. The van der Waals surface area contributed by atoms with E-state index in [1.807, 2.05) is 51.8 Å². The first-order valence-electron chi connectivity index (χ1n) is 11.5. The topological polar surface area (TPSA) is 110 Å². The van der Waals surface area contributed by atoms with Crippen LogP contribution < -0.4 is 11.1 Å². The lowest BCUT2D eigenvalue weighted by Crippen LogP contribution is -2.27. The Morgan fingerprint density at radius 2 is 1.94 bits per heavy atom. The number of hydrogen-bond donors (Lipinski definition) is 2. The summed E-state index contributed by atoms with van der Waals surface area (Å²) in [5, 5.41) is 24.0. The zero-order valence-electron chi connectivity index (χ0n) is 18.6. The van der Waals surface area contributed by atoms with Crippen LogP contribution in [0.3, 0.4) is 0 Å². The van der Waals surface area contributed by atoms with Crippen LogP contribution >= 0.6 is 0 Å². The molecule has 3 N–H and O–H groups in total. The van der Waals surface area contributed by atoms with Gasteiger partial charge in [0.2, 0.25) is 0 Å². The van der Waals surface area contributed by atoms with Crippen molar-refractivity contribution in [1.29, 1.82) is 5.26 Å². The highest BCUT2D eigenvalue weighted by Gasteiger charge is 2.29. The Hall–Kier alpha value is -4.22. The lowest BCUT2D eigenvalue weighted by Gasteiger charge is -2.22. The van der Waals surface area contributed by atoms with Gasteiger partial charge in [-0.25, -0.2) is 9.50 Å². The second-order valence-electron chi connectivity index (χ2n) is 8.76. The van der Waals surface area contributed by atoms with Crippen molar-refractivity contribution in [3.05, 3.63) is 77.9 Å². The third-order valence-electron chi connectivity index (χ3n) is 6.66. The first-order valence-corrected chi connectivity index (χ1v) is 11.5. The molecule has 8 heteroatoms. The molecule has 0 saturated carbocycles. The second-order valence-corrected chi connectivity index (χ2v) is 8.76. The van der Waals surface area contributed by atoms with Crippen molar-refractivity contribution in [1.82, 2.24) is 29.7 Å². The summed E-state index contributed by atoms with van der Waals surface area (Å²) in [7, 11) is 0. The standard InChI is InChI=1S/C26H24N8/c27-13-21-23(25-26(28)30-16-31-34(25)24(21)18-8-10-29-11-9-18)19-6-7-20-15-33(32-22(20)12-19)14-17-4-2-1-3-5-17/h1-7,12,15-16,18,29H,8-11,14H2,(H2,28,30,31). The van der Waals surface area contributed by atoms with Gasteiger partial charge in [-0.05, 0) is 43.1 Å². The number of nitrogens with one attached hydrogen (secondary N) is 1. The van der Waals surface area contributed by atoms with Gasteiger partial charge in [0.05, 0.1) is 23.3 Å². The Kier molecular flexibility index (Phi) is 4.97. The second kappa shape index (κ2) is 8.28. The molecule has 0 bridgehead atoms. The number of rotatable bonds is 4. The molecule has 0 radical (unpaired) electrons. The number of anilines is 1. The predicted molar refractivity (Wildman–Crippen MR) is 131 cm³/mol. The average Bonchev–Trinajstić information content (AvgIpc) is 3.43. The van der Waals surface area contributed by atoms with Crippen LogP contribution in [0.2, 0.25) is 0 Å². The number of piperidine rings is 1. The van der Waals surface area contributed by atoms with Gasteiger partial charge in [-0.3, -0.25) is 4.68 Å². The van der Waals surface area contributed by atoms with Gasteiger partial charge in [0.1, 0.15) is 17.9 Å². The van der Waals surface area contributed by atoms with Gasteiger partial charge in [0.25, 0.3) is 0 Å². The van der Waals surface area contributed by atoms with Crippen LogP contribution in [0.1, 0.15) is 35.6 Å². The van der Waals surface area contributed by atoms with E-state index in [0.29, 0.717) is 23.4 Å². The number of nitriles is 1. The SMILES string of the molecule is N#Cc1c(-c2ccc3cn(Cc4ccccc4)nc3c2)c2c(N)ncnn2c1C1CCNCC1. The highest BCUT2D eigenvalue weighted by Crippen LogP contribution is 2.40. The van der Waals surface area contributed by atoms with Crippen molar-refractivity contribution in [2.75, 3.05) is 18.8 Å². The summed E-state index contributed by atoms with van der Waals surface area (Å²) in [5.41, 5.74) is 12.3. The van der Waals surface area contributed by atoms with E-state index >= 15 is 0 Å². The number of fused-ring (bicyclic) bond motifs is 2. The van der Waals surface area contributed by atoms with Gasteiger partial charge in [-0.1, -0.05) is 42.5 Å². The summed E-state index contributed by atoms with van der Waals surface area (Å²) in [6.07, 6.45) is 5.42. The van der Waals surface area contributed by atoms with E-state index in [1.165, 1.54) is 11.9 Å². The molecule has 1 saturated heterocycles. The van der Waals surface area contributed by atoms with E-state index in [-0.39, 0.29) is 5.92 Å². The normalized spacial score (nSPS) is 14.6. The Balaban J connectivity index is 1.50. The average molecular weight is 449 g/mol. The van der Waals surface area contributed by atoms with E-state index in [4.69, 9.17) is 10.8 Å². The Labute approximate surface area is 196 Å². The van der Waals surface area contributed by atoms with Gasteiger partial charge in [0.15, 0.2) is 5.82 Å². The third-order valence-corrected chi connectivity index (χ3v) is 6.66. The van der Waals surface area contributed by atoms with Crippen LogP contribution in [-0.4, -0.2) is 37.5 Å². The van der Waals surface area contributed by atoms with Crippen molar-refractivity contribution >= 4 is 22.2 Å². The smallest absolute Gasteiger partial charge is 0.152 e. The molecule has 2 aromatic carbocycles. The van der Waals surface area contributed by atoms with E-state index in [0.717, 1.165) is 53.7 Å². The Bertz CT molecular complexity index is 1530. The molecule has 0 unspecified atom stereocenters. The van der Waals surface area contributed by atoms with Crippen LogP contribution in [0.15, 0.2) is 61.1 Å². The fourth-order valence-electron chi connectivity index (χ4n) is 5.08. The summed E-state index contributed by atoms with van der Waals surface area (Å²) in [6.45, 7) is 2.54. The van der Waals surface area contributed by atoms with E-state index in [9.17, 15) is 5.26 Å². The number of benzene rings is 2. The fraction of sp³-hybridized carbons (Fsp3) is 0.231. The molecule has 1 aliphatic rings. The van der Waals surface area contributed by atoms with Crippen molar-refractivity contribution in [2.24, 2.45) is 0 Å². The maximum atomic E-state index is 10.3. The number of nitrogens with two attached hydrogens (primary N) is 1. The summed E-state index contributed by atoms with van der Waals surface area (Å²) < 4.78 is 3.79. The maximum absolute atomic E-state index is 10.3. The monoisotopic (exact) mass is 448 g/mol. The van der Waals surface area contributed by atoms with E-state index < -0.39 is 0 Å². The molecule has 34 heavy (non-hydrogen) atoms. The number of nitrogen functional groups attached to an aromatic ring is 1. The molecular weight excluding hydrogens is 424 g/mol. The molecule has 1 fully saturated rings. The maximum Gasteiger partial charge on any atom is 0.152 e. The van der Waals surface area contributed by atoms with Gasteiger partial charge >= 0.3 is 0 Å². The van der Waals surface area contributed by atoms with Gasteiger partial charge in [0, 0.05) is 23.1 Å². The Morgan fingerprint density at radius 3 is 2.74 bits per heavy atom. The van der Waals surface area contributed by atoms with Gasteiger partial charge in [-0.15, -0.1) is 0 Å². The number of nitrogens with zero attached hydrogens (tertiary/aromatic N) is 6.